The van der Waals surface area contributed by atoms with Crippen LogP contribution in [0.1, 0.15) is 32.6 Å². The van der Waals surface area contributed by atoms with Gasteiger partial charge >= 0.3 is 0 Å². The zero-order valence-corrected chi connectivity index (χ0v) is 8.53. The third-order valence-corrected chi connectivity index (χ3v) is 3.02. The largest absolute Gasteiger partial charge is 0.333 e. The third kappa shape index (κ3) is 3.05. The fraction of sp³-hybridized carbons (Fsp3) is 0.889. The first kappa shape index (κ1) is 9.90. The molecule has 0 N–H and O–H groups in total. The molecule has 1 rings (SSSR count). The number of carbonyl (C=O) groups excluding carboxylic acids is 1. The van der Waals surface area contributed by atoms with E-state index in [1.165, 1.54) is 37.4 Å². The van der Waals surface area contributed by atoms with Crippen molar-refractivity contribution in [1.82, 2.24) is 4.90 Å². The standard InChI is InChI=1S/C9H17NOS/c1-2-3-4-5-6-10-7-8-12-9(10)11/h2-8H2,1H3. The number of rotatable bonds is 5. The minimum Gasteiger partial charge on any atom is -0.333 e. The molecule has 3 heteroatoms. The summed E-state index contributed by atoms with van der Waals surface area (Å²) in [6, 6.07) is 0. The van der Waals surface area contributed by atoms with Gasteiger partial charge in [0, 0.05) is 18.8 Å². The number of unbranched alkanes of at least 4 members (excludes halogenated alkanes) is 3. The average Bonchev–Trinajstić information content (AvgIpc) is 2.46. The molecule has 0 spiro atoms. The van der Waals surface area contributed by atoms with Gasteiger partial charge in [0.25, 0.3) is 5.24 Å². The second-order valence-electron chi connectivity index (χ2n) is 3.16. The number of carbonyl (C=O) groups is 1. The molecule has 0 aromatic heterocycles. The molecule has 0 aliphatic carbocycles. The normalized spacial score (nSPS) is 17.4. The molecule has 0 saturated carbocycles. The molecule has 0 radical (unpaired) electrons. The molecule has 0 bridgehead atoms. The Balaban J connectivity index is 2.02. The van der Waals surface area contributed by atoms with Crippen molar-refractivity contribution in [3.8, 4) is 0 Å². The molecule has 0 aromatic rings. The number of hydrogen-bond donors (Lipinski definition) is 0. The van der Waals surface area contributed by atoms with Crippen LogP contribution in [0.3, 0.4) is 0 Å². The Morgan fingerprint density at radius 2 is 2.25 bits per heavy atom. The summed E-state index contributed by atoms with van der Waals surface area (Å²) in [5.41, 5.74) is 0. The zero-order chi connectivity index (χ0) is 8.81. The molecule has 1 heterocycles. The molecule has 0 aromatic carbocycles. The minimum atomic E-state index is 0.284. The summed E-state index contributed by atoms with van der Waals surface area (Å²) in [6.07, 6.45) is 5.02. The highest BCUT2D eigenvalue weighted by atomic mass is 32.2. The molecule has 0 atom stereocenters. The van der Waals surface area contributed by atoms with Gasteiger partial charge in [0.2, 0.25) is 0 Å². The van der Waals surface area contributed by atoms with Crippen molar-refractivity contribution in [2.45, 2.75) is 32.6 Å². The highest BCUT2D eigenvalue weighted by molar-refractivity contribution is 8.13. The quantitative estimate of drug-likeness (QED) is 0.617. The summed E-state index contributed by atoms with van der Waals surface area (Å²) in [4.78, 5) is 13.1. The van der Waals surface area contributed by atoms with Crippen LogP contribution in [0.5, 0.6) is 0 Å². The van der Waals surface area contributed by atoms with E-state index in [2.05, 4.69) is 6.92 Å². The second kappa shape index (κ2) is 5.46. The van der Waals surface area contributed by atoms with Gasteiger partial charge in [0.1, 0.15) is 0 Å². The first-order chi connectivity index (χ1) is 5.84. The zero-order valence-electron chi connectivity index (χ0n) is 7.71. The Hall–Kier alpha value is -0.180. The van der Waals surface area contributed by atoms with Gasteiger partial charge in [0.05, 0.1) is 0 Å². The number of hydrogen-bond acceptors (Lipinski definition) is 2. The first-order valence-electron chi connectivity index (χ1n) is 4.76. The fourth-order valence-corrected chi connectivity index (χ4v) is 2.21. The van der Waals surface area contributed by atoms with Crippen LogP contribution in [-0.4, -0.2) is 29.0 Å². The van der Waals surface area contributed by atoms with E-state index < -0.39 is 0 Å². The van der Waals surface area contributed by atoms with Crippen molar-refractivity contribution in [3.63, 3.8) is 0 Å². The molecule has 1 aliphatic heterocycles. The molecule has 1 fully saturated rings. The lowest BCUT2D eigenvalue weighted by Crippen LogP contribution is -2.24. The van der Waals surface area contributed by atoms with Crippen molar-refractivity contribution in [3.05, 3.63) is 0 Å². The van der Waals surface area contributed by atoms with Crippen molar-refractivity contribution in [2.75, 3.05) is 18.8 Å². The van der Waals surface area contributed by atoms with Crippen LogP contribution in [-0.2, 0) is 0 Å². The van der Waals surface area contributed by atoms with Crippen molar-refractivity contribution in [1.29, 1.82) is 0 Å². The minimum absolute atomic E-state index is 0.284. The summed E-state index contributed by atoms with van der Waals surface area (Å²) < 4.78 is 0. The molecular weight excluding hydrogens is 170 g/mol. The van der Waals surface area contributed by atoms with E-state index in [9.17, 15) is 4.79 Å². The monoisotopic (exact) mass is 187 g/mol. The van der Waals surface area contributed by atoms with Gasteiger partial charge in [-0.1, -0.05) is 37.9 Å². The maximum Gasteiger partial charge on any atom is 0.281 e. The van der Waals surface area contributed by atoms with E-state index in [-0.39, 0.29) is 5.24 Å². The molecule has 12 heavy (non-hydrogen) atoms. The summed E-state index contributed by atoms with van der Waals surface area (Å²) >= 11 is 1.46. The number of nitrogens with zero attached hydrogens (tertiary/aromatic N) is 1. The van der Waals surface area contributed by atoms with Crippen LogP contribution < -0.4 is 0 Å². The highest BCUT2D eigenvalue weighted by Crippen LogP contribution is 2.17. The number of thioether (sulfide) groups is 1. The Bertz CT molecular complexity index is 149. The van der Waals surface area contributed by atoms with Gasteiger partial charge in [-0.3, -0.25) is 4.79 Å². The van der Waals surface area contributed by atoms with Gasteiger partial charge in [-0.25, -0.2) is 0 Å². The topological polar surface area (TPSA) is 20.3 Å². The lowest BCUT2D eigenvalue weighted by molar-refractivity contribution is 0.228. The van der Waals surface area contributed by atoms with E-state index >= 15 is 0 Å². The van der Waals surface area contributed by atoms with Crippen molar-refractivity contribution in [2.24, 2.45) is 0 Å². The summed E-state index contributed by atoms with van der Waals surface area (Å²) in [6.45, 7) is 4.15. The van der Waals surface area contributed by atoms with Crippen LogP contribution in [0.15, 0.2) is 0 Å². The molecule has 0 unspecified atom stereocenters. The number of amides is 1. The summed E-state index contributed by atoms with van der Waals surface area (Å²) in [7, 11) is 0. The SMILES string of the molecule is CCCCCCN1CCSC1=O. The molecular formula is C9H17NOS. The molecule has 1 amide bonds. The van der Waals surface area contributed by atoms with Crippen LogP contribution >= 0.6 is 11.8 Å². The Kier molecular flexibility index (Phi) is 4.51. The van der Waals surface area contributed by atoms with Gasteiger partial charge < -0.3 is 4.90 Å². The fourth-order valence-electron chi connectivity index (χ4n) is 1.36. The smallest absolute Gasteiger partial charge is 0.281 e. The van der Waals surface area contributed by atoms with Crippen molar-refractivity contribution >= 4 is 17.0 Å². The average molecular weight is 187 g/mol. The van der Waals surface area contributed by atoms with Crippen LogP contribution in [0, 0.1) is 0 Å². The Morgan fingerprint density at radius 1 is 1.42 bits per heavy atom. The molecule has 70 valence electrons. The lowest BCUT2D eigenvalue weighted by Gasteiger charge is -2.13. The Labute approximate surface area is 78.7 Å². The summed E-state index contributed by atoms with van der Waals surface area (Å²) in [5.74, 6) is 0.993. The maximum absolute atomic E-state index is 11.1. The first-order valence-corrected chi connectivity index (χ1v) is 5.75. The lowest BCUT2D eigenvalue weighted by atomic mass is 10.2. The van der Waals surface area contributed by atoms with Gasteiger partial charge in [-0.2, -0.15) is 0 Å². The predicted octanol–water partition coefficient (Wildman–Crippen LogP) is 2.74. The molecule has 2 nitrogen and oxygen atoms in total. The van der Waals surface area contributed by atoms with Gasteiger partial charge in [-0.05, 0) is 6.42 Å². The molecule has 1 aliphatic rings. The van der Waals surface area contributed by atoms with E-state index in [1.54, 1.807) is 0 Å². The molecule has 1 saturated heterocycles. The van der Waals surface area contributed by atoms with E-state index in [0.29, 0.717) is 0 Å². The van der Waals surface area contributed by atoms with E-state index in [1.807, 2.05) is 4.90 Å². The van der Waals surface area contributed by atoms with Crippen LogP contribution in [0.25, 0.3) is 0 Å². The van der Waals surface area contributed by atoms with Crippen LogP contribution in [0.2, 0.25) is 0 Å². The predicted molar refractivity (Wildman–Crippen MR) is 53.6 cm³/mol. The van der Waals surface area contributed by atoms with Crippen molar-refractivity contribution < 1.29 is 4.79 Å². The van der Waals surface area contributed by atoms with E-state index in [0.717, 1.165) is 18.8 Å². The highest BCUT2D eigenvalue weighted by Gasteiger charge is 2.19. The summed E-state index contributed by atoms with van der Waals surface area (Å²) in [5, 5.41) is 0.284. The van der Waals surface area contributed by atoms with E-state index in [4.69, 9.17) is 0 Å². The van der Waals surface area contributed by atoms with Gasteiger partial charge in [-0.15, -0.1) is 0 Å². The third-order valence-electron chi connectivity index (χ3n) is 2.13. The van der Waals surface area contributed by atoms with Crippen LogP contribution in [0.4, 0.5) is 4.79 Å². The maximum atomic E-state index is 11.1. The van der Waals surface area contributed by atoms with Gasteiger partial charge in [0.15, 0.2) is 0 Å². The second-order valence-corrected chi connectivity index (χ2v) is 4.21. The Morgan fingerprint density at radius 3 is 2.83 bits per heavy atom.